The summed E-state index contributed by atoms with van der Waals surface area (Å²) >= 11 is 0. The molecule has 0 atom stereocenters. The monoisotopic (exact) mass is 228 g/mol. The number of halogens is 1. The molecule has 4 nitrogen and oxygen atoms in total. The number of hydrogen-bond donors (Lipinski definition) is 1. The van der Waals surface area contributed by atoms with Crippen LogP contribution in [-0.4, -0.2) is 9.97 Å². The van der Waals surface area contributed by atoms with Gasteiger partial charge >= 0.3 is 0 Å². The Morgan fingerprint density at radius 1 is 1.35 bits per heavy atom. The van der Waals surface area contributed by atoms with Crippen molar-refractivity contribution in [2.24, 2.45) is 0 Å². The van der Waals surface area contributed by atoms with Gasteiger partial charge in [-0.2, -0.15) is 5.26 Å². The number of hydrogen-bond acceptors (Lipinski definition) is 4. The molecule has 2 aromatic rings. The molecule has 2 rings (SSSR count). The summed E-state index contributed by atoms with van der Waals surface area (Å²) in [4.78, 5) is 7.80. The average molecular weight is 228 g/mol. The number of rotatable bonds is 3. The Balaban J connectivity index is 2.08. The van der Waals surface area contributed by atoms with E-state index >= 15 is 0 Å². The summed E-state index contributed by atoms with van der Waals surface area (Å²) in [6, 6.07) is 7.92. The Hall–Kier alpha value is -2.48. The lowest BCUT2D eigenvalue weighted by atomic mass is 10.2. The first-order valence-corrected chi connectivity index (χ1v) is 4.98. The minimum absolute atomic E-state index is 0.301. The van der Waals surface area contributed by atoms with Crippen LogP contribution in [0.25, 0.3) is 0 Å². The molecule has 0 saturated carbocycles. The third-order valence-corrected chi connectivity index (χ3v) is 2.20. The number of nitrogens with one attached hydrogen (secondary N) is 1. The Bertz CT molecular complexity index is 548. The second-order valence-corrected chi connectivity index (χ2v) is 3.36. The van der Waals surface area contributed by atoms with E-state index < -0.39 is 5.82 Å². The van der Waals surface area contributed by atoms with E-state index in [0.717, 1.165) is 5.69 Å². The molecule has 84 valence electrons. The quantitative estimate of drug-likeness (QED) is 0.873. The van der Waals surface area contributed by atoms with E-state index in [9.17, 15) is 4.39 Å². The topological polar surface area (TPSA) is 61.6 Å². The van der Waals surface area contributed by atoms with E-state index in [1.165, 1.54) is 18.5 Å². The van der Waals surface area contributed by atoms with Crippen molar-refractivity contribution in [2.45, 2.75) is 6.54 Å². The van der Waals surface area contributed by atoms with Crippen molar-refractivity contribution in [3.05, 3.63) is 53.9 Å². The number of benzene rings is 1. The predicted molar refractivity (Wildman–Crippen MR) is 60.5 cm³/mol. The molecule has 0 aliphatic carbocycles. The largest absolute Gasteiger partial charge is 0.377 e. The van der Waals surface area contributed by atoms with Gasteiger partial charge in [0.25, 0.3) is 0 Å². The zero-order valence-corrected chi connectivity index (χ0v) is 8.89. The number of nitriles is 1. The molecular formula is C12H9FN4. The molecular weight excluding hydrogens is 219 g/mol. The van der Waals surface area contributed by atoms with Crippen LogP contribution in [0, 0.1) is 17.1 Å². The van der Waals surface area contributed by atoms with Crippen LogP contribution in [0.4, 0.5) is 10.1 Å². The molecule has 1 N–H and O–H groups in total. The SMILES string of the molecule is N#Cc1ccc(NCc2ccncn2)c(F)c1. The lowest BCUT2D eigenvalue weighted by molar-refractivity contribution is 0.629. The highest BCUT2D eigenvalue weighted by atomic mass is 19.1. The number of nitrogens with zero attached hydrogens (tertiary/aromatic N) is 3. The number of aromatic nitrogens is 2. The minimum atomic E-state index is -0.446. The molecule has 1 aromatic carbocycles. The Morgan fingerprint density at radius 2 is 2.24 bits per heavy atom. The third kappa shape index (κ3) is 2.75. The van der Waals surface area contributed by atoms with Crippen molar-refractivity contribution in [3.63, 3.8) is 0 Å². The average Bonchev–Trinajstić information content (AvgIpc) is 2.38. The molecule has 0 unspecified atom stereocenters. The zero-order valence-electron chi connectivity index (χ0n) is 8.89. The smallest absolute Gasteiger partial charge is 0.147 e. The normalized spacial score (nSPS) is 9.65. The van der Waals surface area contributed by atoms with E-state index in [-0.39, 0.29) is 0 Å². The second kappa shape index (κ2) is 5.03. The van der Waals surface area contributed by atoms with Crippen LogP contribution in [-0.2, 0) is 6.54 Å². The van der Waals surface area contributed by atoms with Gasteiger partial charge in [-0.25, -0.2) is 14.4 Å². The van der Waals surface area contributed by atoms with Gasteiger partial charge in [0.2, 0.25) is 0 Å². The Labute approximate surface area is 97.8 Å². The standard InChI is InChI=1S/C12H9FN4/c13-11-5-9(6-14)1-2-12(11)16-7-10-3-4-15-8-17-10/h1-5,8,16H,7H2. The van der Waals surface area contributed by atoms with Crippen LogP contribution < -0.4 is 5.32 Å². The van der Waals surface area contributed by atoms with Crippen molar-refractivity contribution in [2.75, 3.05) is 5.32 Å². The maximum Gasteiger partial charge on any atom is 0.147 e. The van der Waals surface area contributed by atoms with Crippen molar-refractivity contribution in [1.29, 1.82) is 5.26 Å². The van der Waals surface area contributed by atoms with Gasteiger partial charge in [0, 0.05) is 6.20 Å². The van der Waals surface area contributed by atoms with Gasteiger partial charge in [0.1, 0.15) is 12.1 Å². The molecule has 0 spiro atoms. The highest BCUT2D eigenvalue weighted by Crippen LogP contribution is 2.15. The lowest BCUT2D eigenvalue weighted by Crippen LogP contribution is -2.03. The van der Waals surface area contributed by atoms with E-state index in [1.807, 2.05) is 6.07 Å². The number of anilines is 1. The molecule has 0 aliphatic rings. The summed E-state index contributed by atoms with van der Waals surface area (Å²) in [7, 11) is 0. The van der Waals surface area contributed by atoms with Gasteiger partial charge in [0.05, 0.1) is 29.6 Å². The molecule has 0 amide bonds. The van der Waals surface area contributed by atoms with Gasteiger partial charge in [-0.15, -0.1) is 0 Å². The first-order valence-electron chi connectivity index (χ1n) is 4.98. The maximum atomic E-state index is 13.5. The van der Waals surface area contributed by atoms with Gasteiger partial charge < -0.3 is 5.32 Å². The van der Waals surface area contributed by atoms with Gasteiger partial charge in [-0.3, -0.25) is 0 Å². The fourth-order valence-corrected chi connectivity index (χ4v) is 1.34. The van der Waals surface area contributed by atoms with Crippen LogP contribution in [0.3, 0.4) is 0 Å². The molecule has 5 heteroatoms. The molecule has 0 radical (unpaired) electrons. The van der Waals surface area contributed by atoms with Crippen molar-refractivity contribution in [3.8, 4) is 6.07 Å². The van der Waals surface area contributed by atoms with Gasteiger partial charge in [-0.1, -0.05) is 0 Å². The Morgan fingerprint density at radius 3 is 2.88 bits per heavy atom. The van der Waals surface area contributed by atoms with Crippen LogP contribution in [0.2, 0.25) is 0 Å². The van der Waals surface area contributed by atoms with Crippen molar-refractivity contribution in [1.82, 2.24) is 9.97 Å². The van der Waals surface area contributed by atoms with E-state index in [2.05, 4.69) is 15.3 Å². The summed E-state index contributed by atoms with van der Waals surface area (Å²) < 4.78 is 13.5. The molecule has 0 fully saturated rings. The van der Waals surface area contributed by atoms with Gasteiger partial charge in [0.15, 0.2) is 0 Å². The fourth-order valence-electron chi connectivity index (χ4n) is 1.34. The molecule has 0 bridgehead atoms. The summed E-state index contributed by atoms with van der Waals surface area (Å²) in [5.74, 6) is -0.446. The molecule has 1 heterocycles. The highest BCUT2D eigenvalue weighted by Gasteiger charge is 2.03. The molecule has 17 heavy (non-hydrogen) atoms. The van der Waals surface area contributed by atoms with Crippen LogP contribution >= 0.6 is 0 Å². The lowest BCUT2D eigenvalue weighted by Gasteiger charge is -2.06. The van der Waals surface area contributed by atoms with Crippen molar-refractivity contribution < 1.29 is 4.39 Å². The van der Waals surface area contributed by atoms with Gasteiger partial charge in [-0.05, 0) is 24.3 Å². The summed E-state index contributed by atoms with van der Waals surface area (Å²) in [5, 5.41) is 11.5. The molecule has 1 aromatic heterocycles. The highest BCUT2D eigenvalue weighted by molar-refractivity contribution is 5.48. The van der Waals surface area contributed by atoms with Crippen LogP contribution in [0.15, 0.2) is 36.8 Å². The van der Waals surface area contributed by atoms with E-state index in [1.54, 1.807) is 18.3 Å². The molecule has 0 saturated heterocycles. The van der Waals surface area contributed by atoms with E-state index in [4.69, 9.17) is 5.26 Å². The van der Waals surface area contributed by atoms with E-state index in [0.29, 0.717) is 17.8 Å². The summed E-state index contributed by atoms with van der Waals surface area (Å²) in [5.41, 5.74) is 1.42. The fraction of sp³-hybridized carbons (Fsp3) is 0.0833. The second-order valence-electron chi connectivity index (χ2n) is 3.36. The third-order valence-electron chi connectivity index (χ3n) is 2.20. The summed E-state index contributed by atoms with van der Waals surface area (Å²) in [6.07, 6.45) is 3.06. The van der Waals surface area contributed by atoms with Crippen molar-refractivity contribution >= 4 is 5.69 Å². The molecule has 0 aliphatic heterocycles. The van der Waals surface area contributed by atoms with Crippen LogP contribution in [0.5, 0.6) is 0 Å². The first kappa shape index (κ1) is 11.0. The minimum Gasteiger partial charge on any atom is -0.377 e. The maximum absolute atomic E-state index is 13.5. The predicted octanol–water partition coefficient (Wildman–Crippen LogP) is 2.10. The Kier molecular flexibility index (Phi) is 3.26. The summed E-state index contributed by atoms with van der Waals surface area (Å²) in [6.45, 7) is 0.408. The zero-order chi connectivity index (χ0) is 12.1. The van der Waals surface area contributed by atoms with Crippen LogP contribution in [0.1, 0.15) is 11.3 Å². The first-order chi connectivity index (χ1) is 8.29.